The highest BCUT2D eigenvalue weighted by atomic mass is 32.1. The van der Waals surface area contributed by atoms with E-state index in [0.29, 0.717) is 46.2 Å². The van der Waals surface area contributed by atoms with Gasteiger partial charge in [0.25, 0.3) is 5.56 Å². The van der Waals surface area contributed by atoms with Gasteiger partial charge in [-0.2, -0.15) is 0 Å². The Morgan fingerprint density at radius 3 is 2.77 bits per heavy atom. The number of ether oxygens (including phenoxy) is 3. The van der Waals surface area contributed by atoms with Crippen molar-refractivity contribution in [1.82, 2.24) is 14.9 Å². The van der Waals surface area contributed by atoms with E-state index in [4.69, 9.17) is 14.2 Å². The van der Waals surface area contributed by atoms with Gasteiger partial charge in [-0.15, -0.1) is 11.3 Å². The third kappa shape index (κ3) is 5.05. The van der Waals surface area contributed by atoms with Gasteiger partial charge >= 0.3 is 5.97 Å². The van der Waals surface area contributed by atoms with E-state index in [1.54, 1.807) is 14.0 Å². The van der Waals surface area contributed by atoms with Gasteiger partial charge in [0.2, 0.25) is 0 Å². The Hall–Kier alpha value is -2.75. The van der Waals surface area contributed by atoms with Crippen LogP contribution in [-0.2, 0) is 22.6 Å². The molecule has 0 fully saturated rings. The summed E-state index contributed by atoms with van der Waals surface area (Å²) in [5, 5.41) is 0.429. The van der Waals surface area contributed by atoms with Gasteiger partial charge in [-0.1, -0.05) is 12.1 Å². The second-order valence-corrected chi connectivity index (χ2v) is 7.90. The van der Waals surface area contributed by atoms with E-state index in [9.17, 15) is 9.59 Å². The second-order valence-electron chi connectivity index (χ2n) is 6.90. The topological polar surface area (TPSA) is 93.8 Å². The average molecular weight is 432 g/mol. The lowest BCUT2D eigenvalue weighted by Crippen LogP contribution is -2.21. The number of fused-ring (bicyclic) bond motifs is 1. The number of carbonyl (C=O) groups is 1. The van der Waals surface area contributed by atoms with Gasteiger partial charge < -0.3 is 19.2 Å². The molecule has 0 atom stereocenters. The average Bonchev–Trinajstić information content (AvgIpc) is 3.05. The number of nitrogens with zero attached hydrogens (tertiary/aromatic N) is 2. The van der Waals surface area contributed by atoms with Crippen molar-refractivity contribution in [1.29, 1.82) is 0 Å². The Bertz CT molecular complexity index is 1090. The molecular weight excluding hydrogens is 406 g/mol. The summed E-state index contributed by atoms with van der Waals surface area (Å²) in [4.78, 5) is 35.3. The smallest absolute Gasteiger partial charge is 0.348 e. The predicted molar refractivity (Wildman–Crippen MR) is 115 cm³/mol. The summed E-state index contributed by atoms with van der Waals surface area (Å²) in [6.07, 6.45) is 0. The molecule has 0 amide bonds. The molecule has 0 spiro atoms. The maximum Gasteiger partial charge on any atom is 0.348 e. The monoisotopic (exact) mass is 431 g/mol. The van der Waals surface area contributed by atoms with Crippen molar-refractivity contribution in [2.75, 3.05) is 34.5 Å². The Morgan fingerprint density at radius 2 is 2.03 bits per heavy atom. The van der Waals surface area contributed by atoms with Gasteiger partial charge in [0, 0.05) is 13.7 Å². The highest BCUT2D eigenvalue weighted by molar-refractivity contribution is 7.20. The maximum absolute atomic E-state index is 12.6. The summed E-state index contributed by atoms with van der Waals surface area (Å²) >= 11 is 1.17. The van der Waals surface area contributed by atoms with Gasteiger partial charge in [0.05, 0.1) is 25.6 Å². The van der Waals surface area contributed by atoms with Crippen molar-refractivity contribution >= 4 is 27.5 Å². The molecule has 1 N–H and O–H groups in total. The van der Waals surface area contributed by atoms with Gasteiger partial charge in [-0.25, -0.2) is 9.78 Å². The molecule has 0 saturated carbocycles. The van der Waals surface area contributed by atoms with E-state index in [2.05, 4.69) is 9.97 Å². The molecule has 160 valence electrons. The van der Waals surface area contributed by atoms with Crippen LogP contribution in [0.5, 0.6) is 5.75 Å². The van der Waals surface area contributed by atoms with E-state index < -0.39 is 5.97 Å². The van der Waals surface area contributed by atoms with Gasteiger partial charge in [0.1, 0.15) is 27.9 Å². The number of benzene rings is 1. The molecule has 8 nitrogen and oxygen atoms in total. The molecule has 0 saturated heterocycles. The van der Waals surface area contributed by atoms with Crippen LogP contribution in [0.4, 0.5) is 0 Å². The zero-order valence-electron chi connectivity index (χ0n) is 17.5. The van der Waals surface area contributed by atoms with Crippen LogP contribution in [0.15, 0.2) is 29.1 Å². The molecule has 0 aliphatic carbocycles. The third-order valence-electron chi connectivity index (χ3n) is 4.56. The molecule has 0 bridgehead atoms. The first-order valence-corrected chi connectivity index (χ1v) is 10.2. The molecule has 0 aliphatic heterocycles. The summed E-state index contributed by atoms with van der Waals surface area (Å²) in [5.41, 5.74) is 1.42. The van der Waals surface area contributed by atoms with E-state index in [0.717, 1.165) is 11.3 Å². The first kappa shape index (κ1) is 21.9. The van der Waals surface area contributed by atoms with Gasteiger partial charge in [-0.3, -0.25) is 9.69 Å². The molecule has 2 heterocycles. The predicted octanol–water partition coefficient (Wildman–Crippen LogP) is 2.74. The normalized spacial score (nSPS) is 11.2. The summed E-state index contributed by atoms with van der Waals surface area (Å²) in [5.74, 6) is 0.870. The van der Waals surface area contributed by atoms with Crippen LogP contribution in [0, 0.1) is 6.92 Å². The Labute approximate surface area is 178 Å². The van der Waals surface area contributed by atoms with Crippen molar-refractivity contribution in [3.63, 3.8) is 0 Å². The molecule has 3 rings (SSSR count). The highest BCUT2D eigenvalue weighted by Crippen LogP contribution is 2.27. The van der Waals surface area contributed by atoms with Crippen molar-refractivity contribution in [3.05, 3.63) is 56.4 Å². The van der Waals surface area contributed by atoms with Crippen molar-refractivity contribution in [3.8, 4) is 5.75 Å². The number of aryl methyl sites for hydroxylation is 1. The van der Waals surface area contributed by atoms with Crippen molar-refractivity contribution < 1.29 is 19.0 Å². The fourth-order valence-corrected chi connectivity index (χ4v) is 4.23. The molecule has 9 heteroatoms. The summed E-state index contributed by atoms with van der Waals surface area (Å²) < 4.78 is 15.3. The zero-order chi connectivity index (χ0) is 21.7. The van der Waals surface area contributed by atoms with Crippen LogP contribution in [0.3, 0.4) is 0 Å². The molecule has 3 aromatic rings. The summed E-state index contributed by atoms with van der Waals surface area (Å²) in [7, 11) is 5.12. The fourth-order valence-electron chi connectivity index (χ4n) is 3.14. The van der Waals surface area contributed by atoms with Gasteiger partial charge in [0.15, 0.2) is 0 Å². The number of aromatic amines is 1. The van der Waals surface area contributed by atoms with Gasteiger partial charge in [-0.05, 0) is 37.2 Å². The number of H-pyrrole nitrogens is 1. The SMILES string of the molecule is COCCOC(=O)c1sc2nc(CN(C)Cc3cccc(OC)c3)[nH]c(=O)c2c1C. The highest BCUT2D eigenvalue weighted by Gasteiger charge is 2.20. The standard InChI is InChI=1S/C21H25N3O5S/c1-13-17-19(25)22-16(12-24(2)11-14-6-5-7-15(10-14)28-4)23-20(17)30-18(13)21(26)29-9-8-27-3/h5-7,10H,8-9,11-12H2,1-4H3,(H,22,23,25). The quantitative estimate of drug-likeness (QED) is 0.411. The van der Waals surface area contributed by atoms with Crippen LogP contribution >= 0.6 is 11.3 Å². The molecule has 2 aromatic heterocycles. The number of hydrogen-bond donors (Lipinski definition) is 1. The number of hydrogen-bond acceptors (Lipinski definition) is 8. The molecule has 30 heavy (non-hydrogen) atoms. The number of thiophene rings is 1. The van der Waals surface area contributed by atoms with Crippen LogP contribution < -0.4 is 10.3 Å². The molecular formula is C21H25N3O5S. The number of nitrogens with one attached hydrogen (secondary N) is 1. The van der Waals surface area contributed by atoms with Crippen molar-refractivity contribution in [2.45, 2.75) is 20.0 Å². The lowest BCUT2D eigenvalue weighted by molar-refractivity contribution is 0.0393. The van der Waals surface area contributed by atoms with Crippen LogP contribution in [0.25, 0.3) is 10.2 Å². The lowest BCUT2D eigenvalue weighted by atomic mass is 10.2. The van der Waals surface area contributed by atoms with Crippen molar-refractivity contribution in [2.24, 2.45) is 0 Å². The number of rotatable bonds is 9. The van der Waals surface area contributed by atoms with Crippen LogP contribution in [0.2, 0.25) is 0 Å². The first-order valence-electron chi connectivity index (χ1n) is 9.42. The minimum Gasteiger partial charge on any atom is -0.497 e. The molecule has 1 aromatic carbocycles. The molecule has 0 radical (unpaired) electrons. The molecule has 0 unspecified atom stereocenters. The summed E-state index contributed by atoms with van der Waals surface area (Å²) in [6, 6.07) is 7.83. The van der Waals surface area contributed by atoms with E-state index in [1.807, 2.05) is 36.2 Å². The largest absolute Gasteiger partial charge is 0.497 e. The maximum atomic E-state index is 12.6. The third-order valence-corrected chi connectivity index (χ3v) is 5.73. The minimum atomic E-state index is -0.469. The van der Waals surface area contributed by atoms with Crippen LogP contribution in [-0.4, -0.2) is 55.3 Å². The number of aromatic nitrogens is 2. The first-order chi connectivity index (χ1) is 14.4. The fraction of sp³-hybridized carbons (Fsp3) is 0.381. The Morgan fingerprint density at radius 1 is 1.23 bits per heavy atom. The van der Waals surface area contributed by atoms with E-state index >= 15 is 0 Å². The summed E-state index contributed by atoms with van der Waals surface area (Å²) in [6.45, 7) is 3.33. The molecule has 0 aliphatic rings. The van der Waals surface area contributed by atoms with E-state index in [-0.39, 0.29) is 12.2 Å². The number of methoxy groups -OCH3 is 2. The lowest BCUT2D eigenvalue weighted by Gasteiger charge is -2.16. The zero-order valence-corrected chi connectivity index (χ0v) is 18.3. The van der Waals surface area contributed by atoms with Crippen LogP contribution in [0.1, 0.15) is 26.6 Å². The Balaban J connectivity index is 1.78. The number of carbonyl (C=O) groups excluding carboxylic acids is 1. The minimum absolute atomic E-state index is 0.160. The second kappa shape index (κ2) is 9.84. The Kier molecular flexibility index (Phi) is 7.20. The van der Waals surface area contributed by atoms with E-state index in [1.165, 1.54) is 18.4 Å². The number of esters is 1.